The smallest absolute Gasteiger partial charge is 0.231 e. The van der Waals surface area contributed by atoms with E-state index in [-0.39, 0.29) is 5.91 Å². The van der Waals surface area contributed by atoms with Gasteiger partial charge in [-0.2, -0.15) is 5.10 Å². The summed E-state index contributed by atoms with van der Waals surface area (Å²) in [7, 11) is 0. The van der Waals surface area contributed by atoms with E-state index in [9.17, 15) is 4.79 Å². The van der Waals surface area contributed by atoms with Crippen LogP contribution >= 0.6 is 0 Å². The molecule has 0 atom stereocenters. The Labute approximate surface area is 120 Å². The SMILES string of the molecule is CC(C)n1cc(NC(=O)C2(CN)CCCCCC2)cn1. The number of carbonyl (C=O) groups excluding carboxylic acids is 1. The van der Waals surface area contributed by atoms with E-state index in [1.54, 1.807) is 6.20 Å². The average molecular weight is 278 g/mol. The van der Waals surface area contributed by atoms with Gasteiger partial charge in [-0.25, -0.2) is 0 Å². The molecular formula is C15H26N4O. The normalized spacial score (nSPS) is 18.8. The molecule has 0 unspecified atom stereocenters. The maximum atomic E-state index is 12.6. The molecule has 5 nitrogen and oxygen atoms in total. The van der Waals surface area contributed by atoms with Crippen LogP contribution in [0.2, 0.25) is 0 Å². The summed E-state index contributed by atoms with van der Waals surface area (Å²) in [5.41, 5.74) is 6.31. The second-order valence-corrected chi connectivity index (χ2v) is 6.16. The molecule has 1 amide bonds. The minimum absolute atomic E-state index is 0.0604. The van der Waals surface area contributed by atoms with Gasteiger partial charge in [-0.1, -0.05) is 25.7 Å². The molecule has 1 heterocycles. The van der Waals surface area contributed by atoms with E-state index in [4.69, 9.17) is 5.73 Å². The van der Waals surface area contributed by atoms with Gasteiger partial charge >= 0.3 is 0 Å². The van der Waals surface area contributed by atoms with Crippen molar-refractivity contribution in [1.82, 2.24) is 9.78 Å². The number of rotatable bonds is 4. The summed E-state index contributed by atoms with van der Waals surface area (Å²) in [5.74, 6) is 0.0604. The summed E-state index contributed by atoms with van der Waals surface area (Å²) in [6, 6.07) is 0.294. The van der Waals surface area contributed by atoms with Crippen molar-refractivity contribution in [2.24, 2.45) is 11.1 Å². The topological polar surface area (TPSA) is 72.9 Å². The highest BCUT2D eigenvalue weighted by atomic mass is 16.2. The van der Waals surface area contributed by atoms with Crippen LogP contribution in [0.15, 0.2) is 12.4 Å². The molecule has 0 aliphatic heterocycles. The molecule has 1 aliphatic carbocycles. The summed E-state index contributed by atoms with van der Waals surface area (Å²) in [5, 5.41) is 7.26. The monoisotopic (exact) mass is 278 g/mol. The van der Waals surface area contributed by atoms with Gasteiger partial charge in [-0.15, -0.1) is 0 Å². The lowest BCUT2D eigenvalue weighted by atomic mass is 9.79. The van der Waals surface area contributed by atoms with Gasteiger partial charge in [-0.05, 0) is 26.7 Å². The van der Waals surface area contributed by atoms with Gasteiger partial charge in [0, 0.05) is 18.8 Å². The second kappa shape index (κ2) is 6.39. The van der Waals surface area contributed by atoms with Crippen molar-refractivity contribution < 1.29 is 4.79 Å². The molecule has 0 saturated heterocycles. The summed E-state index contributed by atoms with van der Waals surface area (Å²) < 4.78 is 1.85. The van der Waals surface area contributed by atoms with E-state index in [0.29, 0.717) is 12.6 Å². The molecule has 1 saturated carbocycles. The van der Waals surface area contributed by atoms with Crippen molar-refractivity contribution in [3.63, 3.8) is 0 Å². The van der Waals surface area contributed by atoms with Crippen molar-refractivity contribution in [2.45, 2.75) is 58.4 Å². The zero-order valence-electron chi connectivity index (χ0n) is 12.6. The Morgan fingerprint density at radius 2 is 2.05 bits per heavy atom. The standard InChI is InChI=1S/C15H26N4O/c1-12(2)19-10-13(9-17-19)18-14(20)15(11-16)7-5-3-4-6-8-15/h9-10,12H,3-8,11,16H2,1-2H3,(H,18,20). The fourth-order valence-electron chi connectivity index (χ4n) is 2.88. The number of hydrogen-bond donors (Lipinski definition) is 2. The van der Waals surface area contributed by atoms with Gasteiger partial charge in [0.25, 0.3) is 0 Å². The number of nitrogens with zero attached hydrogens (tertiary/aromatic N) is 2. The van der Waals surface area contributed by atoms with E-state index in [1.807, 2.05) is 10.9 Å². The first-order chi connectivity index (χ1) is 9.57. The second-order valence-electron chi connectivity index (χ2n) is 6.16. The summed E-state index contributed by atoms with van der Waals surface area (Å²) in [6.07, 6.45) is 9.98. The van der Waals surface area contributed by atoms with Crippen molar-refractivity contribution in [3.8, 4) is 0 Å². The average Bonchev–Trinajstić information content (AvgIpc) is 2.75. The van der Waals surface area contributed by atoms with Crippen molar-refractivity contribution >= 4 is 11.6 Å². The molecule has 0 spiro atoms. The Balaban J connectivity index is 2.07. The van der Waals surface area contributed by atoms with Crippen LogP contribution < -0.4 is 11.1 Å². The summed E-state index contributed by atoms with van der Waals surface area (Å²) in [4.78, 5) is 12.6. The number of hydrogen-bond acceptors (Lipinski definition) is 3. The van der Waals surface area contributed by atoms with Crippen molar-refractivity contribution in [2.75, 3.05) is 11.9 Å². The van der Waals surface area contributed by atoms with Crippen LogP contribution in [0.3, 0.4) is 0 Å². The number of nitrogens with two attached hydrogens (primary N) is 1. The Bertz CT molecular complexity index is 444. The molecule has 2 rings (SSSR count). The number of amides is 1. The van der Waals surface area contributed by atoms with Crippen molar-refractivity contribution in [1.29, 1.82) is 0 Å². The molecule has 1 aliphatic rings. The van der Waals surface area contributed by atoms with Crippen LogP contribution in [0.25, 0.3) is 0 Å². The van der Waals surface area contributed by atoms with E-state index >= 15 is 0 Å². The molecular weight excluding hydrogens is 252 g/mol. The molecule has 112 valence electrons. The molecule has 1 aromatic rings. The van der Waals surface area contributed by atoms with Crippen LogP contribution in [-0.4, -0.2) is 22.2 Å². The minimum atomic E-state index is -0.392. The largest absolute Gasteiger partial charge is 0.329 e. The first kappa shape index (κ1) is 15.0. The van der Waals surface area contributed by atoms with Crippen LogP contribution in [-0.2, 0) is 4.79 Å². The maximum Gasteiger partial charge on any atom is 0.231 e. The van der Waals surface area contributed by atoms with Gasteiger partial charge in [0.2, 0.25) is 5.91 Å². The van der Waals surface area contributed by atoms with E-state index < -0.39 is 5.41 Å². The number of nitrogens with one attached hydrogen (secondary N) is 1. The number of anilines is 1. The lowest BCUT2D eigenvalue weighted by molar-refractivity contribution is -0.125. The highest BCUT2D eigenvalue weighted by molar-refractivity contribution is 5.95. The molecule has 20 heavy (non-hydrogen) atoms. The highest BCUT2D eigenvalue weighted by Crippen LogP contribution is 2.35. The Hall–Kier alpha value is -1.36. The van der Waals surface area contributed by atoms with Crippen LogP contribution in [0, 0.1) is 5.41 Å². The first-order valence-electron chi connectivity index (χ1n) is 7.63. The fourth-order valence-corrected chi connectivity index (χ4v) is 2.88. The third-order valence-corrected chi connectivity index (χ3v) is 4.32. The van der Waals surface area contributed by atoms with Crippen LogP contribution in [0.5, 0.6) is 0 Å². The van der Waals surface area contributed by atoms with Crippen molar-refractivity contribution in [3.05, 3.63) is 12.4 Å². The third-order valence-electron chi connectivity index (χ3n) is 4.32. The molecule has 1 aromatic heterocycles. The van der Waals surface area contributed by atoms with Gasteiger partial charge in [-0.3, -0.25) is 9.48 Å². The van der Waals surface area contributed by atoms with Gasteiger partial charge in [0.1, 0.15) is 0 Å². The fraction of sp³-hybridized carbons (Fsp3) is 0.733. The number of carbonyl (C=O) groups is 1. The molecule has 5 heteroatoms. The predicted octanol–water partition coefficient (Wildman–Crippen LogP) is 2.70. The Kier molecular flexibility index (Phi) is 4.81. The van der Waals surface area contributed by atoms with E-state index in [1.165, 1.54) is 12.8 Å². The molecule has 0 aromatic carbocycles. The Morgan fingerprint density at radius 1 is 1.40 bits per heavy atom. The highest BCUT2D eigenvalue weighted by Gasteiger charge is 2.37. The van der Waals surface area contributed by atoms with Crippen LogP contribution in [0.1, 0.15) is 58.4 Å². The summed E-state index contributed by atoms with van der Waals surface area (Å²) >= 11 is 0. The van der Waals surface area contributed by atoms with Gasteiger partial charge < -0.3 is 11.1 Å². The predicted molar refractivity (Wildman–Crippen MR) is 80.4 cm³/mol. The molecule has 0 bridgehead atoms. The quantitative estimate of drug-likeness (QED) is 0.832. The molecule has 0 radical (unpaired) electrons. The first-order valence-corrected chi connectivity index (χ1v) is 7.63. The van der Waals surface area contributed by atoms with Crippen LogP contribution in [0.4, 0.5) is 5.69 Å². The number of aromatic nitrogens is 2. The maximum absolute atomic E-state index is 12.6. The lowest BCUT2D eigenvalue weighted by Crippen LogP contribution is -2.42. The molecule has 1 fully saturated rings. The molecule has 3 N–H and O–H groups in total. The van der Waals surface area contributed by atoms with E-state index in [2.05, 4.69) is 24.3 Å². The third kappa shape index (κ3) is 3.20. The van der Waals surface area contributed by atoms with E-state index in [0.717, 1.165) is 31.4 Å². The van der Waals surface area contributed by atoms with Gasteiger partial charge in [0.15, 0.2) is 0 Å². The summed E-state index contributed by atoms with van der Waals surface area (Å²) in [6.45, 7) is 4.55. The zero-order chi connectivity index (χ0) is 14.6. The van der Waals surface area contributed by atoms with Gasteiger partial charge in [0.05, 0.1) is 17.3 Å². The zero-order valence-corrected chi connectivity index (χ0v) is 12.6. The Morgan fingerprint density at radius 3 is 2.55 bits per heavy atom. The minimum Gasteiger partial charge on any atom is -0.329 e. The lowest BCUT2D eigenvalue weighted by Gasteiger charge is -2.29.